The Hall–Kier alpha value is -1.24. The predicted octanol–water partition coefficient (Wildman–Crippen LogP) is 0.254. The molecule has 1 aromatic rings. The van der Waals surface area contributed by atoms with Crippen LogP contribution in [0.15, 0.2) is 29.2 Å². The molecule has 5 nitrogen and oxygen atoms in total. The number of nitrogens with zero attached hydrogens (tertiary/aromatic N) is 1. The molecular formula is C11H13NO4S. The first-order valence-electron chi connectivity index (χ1n) is 5.20. The van der Waals surface area contributed by atoms with Crippen molar-refractivity contribution in [2.75, 3.05) is 13.1 Å². The zero-order valence-corrected chi connectivity index (χ0v) is 10.1. The van der Waals surface area contributed by atoms with Crippen molar-refractivity contribution in [3.8, 4) is 0 Å². The molecule has 0 atom stereocenters. The standard InChI is InChI=1S/C11H13NO4S/c1-8(13)9-2-4-11(5-3-9)17(15,16)12-6-10(14)7-12/h2-5,10,14H,6-7H2,1H3. The number of Topliss-reactive ketones (excluding diaryl/α,β-unsaturated/α-hetero) is 1. The molecule has 0 radical (unpaired) electrons. The molecule has 1 aromatic carbocycles. The molecule has 0 saturated carbocycles. The summed E-state index contributed by atoms with van der Waals surface area (Å²) in [6, 6.07) is 5.81. The van der Waals surface area contributed by atoms with Crippen LogP contribution in [0.2, 0.25) is 0 Å². The summed E-state index contributed by atoms with van der Waals surface area (Å²) in [6.07, 6.45) is -0.568. The maximum atomic E-state index is 12.0. The lowest BCUT2D eigenvalue weighted by atomic mass is 10.2. The minimum Gasteiger partial charge on any atom is -0.390 e. The van der Waals surface area contributed by atoms with E-state index < -0.39 is 16.1 Å². The molecule has 0 aliphatic carbocycles. The molecule has 92 valence electrons. The Morgan fingerprint density at radius 1 is 1.29 bits per heavy atom. The van der Waals surface area contributed by atoms with Gasteiger partial charge in [-0.05, 0) is 19.1 Å². The van der Waals surface area contributed by atoms with Gasteiger partial charge in [-0.1, -0.05) is 12.1 Å². The van der Waals surface area contributed by atoms with Crippen LogP contribution in [-0.2, 0) is 10.0 Å². The van der Waals surface area contributed by atoms with Crippen molar-refractivity contribution in [1.82, 2.24) is 4.31 Å². The summed E-state index contributed by atoms with van der Waals surface area (Å²) in [4.78, 5) is 11.2. The van der Waals surface area contributed by atoms with E-state index in [1.54, 1.807) is 0 Å². The summed E-state index contributed by atoms with van der Waals surface area (Å²) in [5.41, 5.74) is 0.479. The number of hydrogen-bond acceptors (Lipinski definition) is 4. The summed E-state index contributed by atoms with van der Waals surface area (Å²) < 4.78 is 25.2. The number of hydrogen-bond donors (Lipinski definition) is 1. The Labute approximate surface area is 99.7 Å². The average molecular weight is 255 g/mol. The van der Waals surface area contributed by atoms with Crippen molar-refractivity contribution >= 4 is 15.8 Å². The number of sulfonamides is 1. The van der Waals surface area contributed by atoms with E-state index in [1.807, 2.05) is 0 Å². The molecule has 1 saturated heterocycles. The summed E-state index contributed by atoms with van der Waals surface area (Å²) in [5, 5.41) is 9.09. The normalized spacial score (nSPS) is 17.8. The number of rotatable bonds is 3. The molecule has 0 amide bonds. The van der Waals surface area contributed by atoms with Crippen molar-refractivity contribution in [3.05, 3.63) is 29.8 Å². The lowest BCUT2D eigenvalue weighted by molar-refractivity contribution is 0.0548. The first-order valence-corrected chi connectivity index (χ1v) is 6.64. The van der Waals surface area contributed by atoms with E-state index in [0.29, 0.717) is 5.56 Å². The molecule has 0 bridgehead atoms. The Morgan fingerprint density at radius 3 is 2.24 bits per heavy atom. The largest absolute Gasteiger partial charge is 0.390 e. The van der Waals surface area contributed by atoms with Gasteiger partial charge in [0, 0.05) is 18.7 Å². The third kappa shape index (κ3) is 2.24. The zero-order valence-electron chi connectivity index (χ0n) is 9.33. The fourth-order valence-corrected chi connectivity index (χ4v) is 3.14. The van der Waals surface area contributed by atoms with Gasteiger partial charge in [0.05, 0.1) is 11.0 Å². The molecule has 0 spiro atoms. The summed E-state index contributed by atoms with van der Waals surface area (Å²) >= 11 is 0. The molecule has 17 heavy (non-hydrogen) atoms. The molecule has 0 aromatic heterocycles. The van der Waals surface area contributed by atoms with Gasteiger partial charge < -0.3 is 5.11 Å². The third-order valence-corrected chi connectivity index (χ3v) is 4.57. The molecule has 1 N–H and O–H groups in total. The molecule has 2 rings (SSSR count). The third-order valence-electron chi connectivity index (χ3n) is 2.73. The van der Waals surface area contributed by atoms with Crippen LogP contribution < -0.4 is 0 Å². The number of ketones is 1. The van der Waals surface area contributed by atoms with Crippen molar-refractivity contribution in [2.45, 2.75) is 17.9 Å². The zero-order chi connectivity index (χ0) is 12.6. The van der Waals surface area contributed by atoms with Gasteiger partial charge in [-0.2, -0.15) is 4.31 Å². The molecular weight excluding hydrogens is 242 g/mol. The van der Waals surface area contributed by atoms with Crippen LogP contribution in [0.5, 0.6) is 0 Å². The second-order valence-corrected chi connectivity index (χ2v) is 5.99. The van der Waals surface area contributed by atoms with Crippen LogP contribution in [0.1, 0.15) is 17.3 Å². The quantitative estimate of drug-likeness (QED) is 0.786. The van der Waals surface area contributed by atoms with Crippen molar-refractivity contribution < 1.29 is 18.3 Å². The Morgan fingerprint density at radius 2 is 1.82 bits per heavy atom. The van der Waals surface area contributed by atoms with Crippen LogP contribution >= 0.6 is 0 Å². The lowest BCUT2D eigenvalue weighted by Crippen LogP contribution is -2.53. The minimum absolute atomic E-state index is 0.103. The van der Waals surface area contributed by atoms with Crippen molar-refractivity contribution in [2.24, 2.45) is 0 Å². The maximum Gasteiger partial charge on any atom is 0.243 e. The van der Waals surface area contributed by atoms with Crippen LogP contribution in [0.4, 0.5) is 0 Å². The van der Waals surface area contributed by atoms with E-state index >= 15 is 0 Å². The number of β-amino-alcohol motifs (C(OH)–C–C–N with tert-alkyl or cyclic N) is 1. The SMILES string of the molecule is CC(=O)c1ccc(S(=O)(=O)N2CC(O)C2)cc1. The molecule has 1 aliphatic heterocycles. The summed E-state index contributed by atoms with van der Waals surface area (Å²) in [7, 11) is -3.52. The second kappa shape index (κ2) is 4.21. The fourth-order valence-electron chi connectivity index (χ4n) is 1.62. The summed E-state index contributed by atoms with van der Waals surface area (Å²) in [5.74, 6) is -0.103. The van der Waals surface area contributed by atoms with E-state index in [4.69, 9.17) is 5.11 Å². The maximum absolute atomic E-state index is 12.0. The fraction of sp³-hybridized carbons (Fsp3) is 0.364. The van der Waals surface area contributed by atoms with Gasteiger partial charge in [0.2, 0.25) is 10.0 Å². The molecule has 1 heterocycles. The number of benzene rings is 1. The van der Waals surface area contributed by atoms with Crippen LogP contribution in [0.3, 0.4) is 0 Å². The van der Waals surface area contributed by atoms with E-state index in [0.717, 1.165) is 0 Å². The highest BCUT2D eigenvalue weighted by Crippen LogP contribution is 2.21. The van der Waals surface area contributed by atoms with Crippen molar-refractivity contribution in [3.63, 3.8) is 0 Å². The van der Waals surface area contributed by atoms with Gasteiger partial charge in [-0.25, -0.2) is 8.42 Å². The topological polar surface area (TPSA) is 74.7 Å². The van der Waals surface area contributed by atoms with E-state index in [1.165, 1.54) is 35.5 Å². The van der Waals surface area contributed by atoms with Gasteiger partial charge in [-0.3, -0.25) is 4.79 Å². The molecule has 1 aliphatic rings. The van der Waals surface area contributed by atoms with Gasteiger partial charge in [0.25, 0.3) is 0 Å². The van der Waals surface area contributed by atoms with Crippen LogP contribution in [0.25, 0.3) is 0 Å². The predicted molar refractivity (Wildman–Crippen MR) is 61.2 cm³/mol. The van der Waals surface area contributed by atoms with Crippen molar-refractivity contribution in [1.29, 1.82) is 0 Å². The highest BCUT2D eigenvalue weighted by molar-refractivity contribution is 7.89. The van der Waals surface area contributed by atoms with E-state index in [-0.39, 0.29) is 23.8 Å². The van der Waals surface area contributed by atoms with Gasteiger partial charge in [0.15, 0.2) is 5.78 Å². The first kappa shape index (κ1) is 12.2. The number of carbonyl (C=O) groups excluding carboxylic acids is 1. The van der Waals surface area contributed by atoms with E-state index in [9.17, 15) is 13.2 Å². The van der Waals surface area contributed by atoms with Gasteiger partial charge in [-0.15, -0.1) is 0 Å². The Bertz CT molecular complexity index is 529. The monoisotopic (exact) mass is 255 g/mol. The molecule has 0 unspecified atom stereocenters. The minimum atomic E-state index is -3.52. The first-order chi connectivity index (χ1) is 7.91. The molecule has 1 fully saturated rings. The highest BCUT2D eigenvalue weighted by Gasteiger charge is 2.35. The second-order valence-electron chi connectivity index (χ2n) is 4.06. The Balaban J connectivity index is 2.25. The average Bonchev–Trinajstić information content (AvgIpc) is 2.25. The number of aliphatic hydroxyl groups excluding tert-OH is 1. The van der Waals surface area contributed by atoms with Crippen LogP contribution in [0, 0.1) is 0 Å². The van der Waals surface area contributed by atoms with Crippen LogP contribution in [-0.4, -0.2) is 42.8 Å². The summed E-state index contributed by atoms with van der Waals surface area (Å²) in [6.45, 7) is 1.70. The number of aliphatic hydroxyl groups is 1. The molecule has 6 heteroatoms. The van der Waals surface area contributed by atoms with Gasteiger partial charge >= 0.3 is 0 Å². The Kier molecular flexibility index (Phi) is 3.03. The lowest BCUT2D eigenvalue weighted by Gasteiger charge is -2.34. The van der Waals surface area contributed by atoms with E-state index in [2.05, 4.69) is 0 Å². The highest BCUT2D eigenvalue weighted by atomic mass is 32.2. The smallest absolute Gasteiger partial charge is 0.243 e. The number of carbonyl (C=O) groups is 1. The van der Waals surface area contributed by atoms with Gasteiger partial charge in [0.1, 0.15) is 0 Å².